The van der Waals surface area contributed by atoms with E-state index in [9.17, 15) is 8.42 Å². The molecule has 0 radical (unpaired) electrons. The van der Waals surface area contributed by atoms with Crippen LogP contribution in [0, 0.1) is 5.92 Å². The van der Waals surface area contributed by atoms with E-state index in [1.165, 1.54) is 0 Å². The predicted octanol–water partition coefficient (Wildman–Crippen LogP) is 1.17. The minimum atomic E-state index is -3.48. The number of rotatable bonds is 9. The summed E-state index contributed by atoms with van der Waals surface area (Å²) in [6.07, 6.45) is 3.79. The first kappa shape index (κ1) is 16.5. The van der Waals surface area contributed by atoms with Crippen molar-refractivity contribution in [2.45, 2.75) is 37.2 Å². The average Bonchev–Trinajstić information content (AvgIpc) is 3.19. The zero-order valence-corrected chi connectivity index (χ0v) is 13.7. The second-order valence-corrected chi connectivity index (χ2v) is 7.47. The number of methoxy groups -OCH3 is 1. The smallest absolute Gasteiger partial charge is 0.244 e. The second-order valence-electron chi connectivity index (χ2n) is 5.58. The molecule has 2 rings (SSSR count). The van der Waals surface area contributed by atoms with Crippen molar-refractivity contribution in [2.75, 3.05) is 27.3 Å². The SMILES string of the molecule is CNCc1cc(S(=O)(=O)N(CCOC)C(C)C2CC2)c[nH]1. The number of hydrogen-bond donors (Lipinski definition) is 2. The molecular weight excluding hydrogens is 290 g/mol. The summed E-state index contributed by atoms with van der Waals surface area (Å²) in [5.74, 6) is 0.479. The molecule has 0 aliphatic heterocycles. The van der Waals surface area contributed by atoms with Gasteiger partial charge in [-0.3, -0.25) is 0 Å². The van der Waals surface area contributed by atoms with Crippen LogP contribution in [0.4, 0.5) is 0 Å². The van der Waals surface area contributed by atoms with Crippen LogP contribution in [-0.4, -0.2) is 51.1 Å². The fourth-order valence-corrected chi connectivity index (χ4v) is 4.23. The van der Waals surface area contributed by atoms with Crippen LogP contribution in [0.3, 0.4) is 0 Å². The predicted molar refractivity (Wildman–Crippen MR) is 81.5 cm³/mol. The maximum atomic E-state index is 12.9. The topological polar surface area (TPSA) is 74.4 Å². The molecule has 0 aromatic carbocycles. The van der Waals surface area contributed by atoms with Crippen molar-refractivity contribution < 1.29 is 13.2 Å². The van der Waals surface area contributed by atoms with Crippen LogP contribution in [0.5, 0.6) is 0 Å². The molecule has 1 aliphatic rings. The lowest BCUT2D eigenvalue weighted by molar-refractivity contribution is 0.164. The van der Waals surface area contributed by atoms with Crippen molar-refractivity contribution >= 4 is 10.0 Å². The Labute approximate surface area is 126 Å². The van der Waals surface area contributed by atoms with E-state index in [-0.39, 0.29) is 6.04 Å². The van der Waals surface area contributed by atoms with E-state index in [0.717, 1.165) is 18.5 Å². The molecule has 1 heterocycles. The fraction of sp³-hybridized carbons (Fsp3) is 0.714. The molecule has 21 heavy (non-hydrogen) atoms. The number of aromatic amines is 1. The summed E-state index contributed by atoms with van der Waals surface area (Å²) in [6, 6.07) is 1.72. The zero-order chi connectivity index (χ0) is 15.5. The normalized spacial score (nSPS) is 17.3. The van der Waals surface area contributed by atoms with Gasteiger partial charge in [-0.25, -0.2) is 8.42 Å². The lowest BCUT2D eigenvalue weighted by Crippen LogP contribution is -2.41. The first-order valence-electron chi connectivity index (χ1n) is 7.33. The molecule has 7 heteroatoms. The van der Waals surface area contributed by atoms with E-state index in [1.807, 2.05) is 14.0 Å². The quantitative estimate of drug-likeness (QED) is 0.717. The van der Waals surface area contributed by atoms with Gasteiger partial charge in [-0.15, -0.1) is 0 Å². The summed E-state index contributed by atoms with van der Waals surface area (Å²) in [7, 11) is -0.0611. The number of nitrogens with one attached hydrogen (secondary N) is 2. The Kier molecular flexibility index (Phi) is 5.43. The van der Waals surface area contributed by atoms with Gasteiger partial charge in [-0.1, -0.05) is 0 Å². The van der Waals surface area contributed by atoms with Gasteiger partial charge >= 0.3 is 0 Å². The second kappa shape index (κ2) is 6.91. The highest BCUT2D eigenvalue weighted by molar-refractivity contribution is 7.89. The Bertz CT molecular complexity index is 552. The van der Waals surface area contributed by atoms with Gasteiger partial charge in [0.15, 0.2) is 0 Å². The molecule has 1 aromatic heterocycles. The highest BCUT2D eigenvalue weighted by Crippen LogP contribution is 2.37. The Balaban J connectivity index is 2.22. The summed E-state index contributed by atoms with van der Waals surface area (Å²) in [5.41, 5.74) is 0.863. The third-order valence-corrected chi connectivity index (χ3v) is 5.93. The van der Waals surface area contributed by atoms with Crippen molar-refractivity contribution in [3.8, 4) is 0 Å². The van der Waals surface area contributed by atoms with Crippen molar-refractivity contribution in [3.63, 3.8) is 0 Å². The molecule has 0 amide bonds. The van der Waals surface area contributed by atoms with Crippen molar-refractivity contribution in [1.82, 2.24) is 14.6 Å². The number of ether oxygens (including phenoxy) is 1. The number of hydrogen-bond acceptors (Lipinski definition) is 4. The molecule has 1 saturated carbocycles. The molecule has 1 unspecified atom stereocenters. The van der Waals surface area contributed by atoms with Crippen LogP contribution < -0.4 is 5.32 Å². The number of sulfonamides is 1. The molecule has 2 N–H and O–H groups in total. The molecule has 1 aromatic rings. The van der Waals surface area contributed by atoms with Gasteiger partial charge < -0.3 is 15.0 Å². The minimum Gasteiger partial charge on any atom is -0.383 e. The van der Waals surface area contributed by atoms with Crippen LogP contribution in [0.2, 0.25) is 0 Å². The van der Waals surface area contributed by atoms with Crippen LogP contribution in [-0.2, 0) is 21.3 Å². The third kappa shape index (κ3) is 3.85. The number of aromatic nitrogens is 1. The summed E-state index contributed by atoms with van der Waals surface area (Å²) < 4.78 is 32.4. The number of H-pyrrole nitrogens is 1. The third-order valence-electron chi connectivity index (χ3n) is 3.96. The van der Waals surface area contributed by atoms with Crippen LogP contribution >= 0.6 is 0 Å². The summed E-state index contributed by atoms with van der Waals surface area (Å²) in [6.45, 7) is 3.41. The minimum absolute atomic E-state index is 0.0211. The highest BCUT2D eigenvalue weighted by Gasteiger charge is 2.38. The molecule has 120 valence electrons. The van der Waals surface area contributed by atoms with Crippen molar-refractivity contribution in [2.24, 2.45) is 5.92 Å². The first-order chi connectivity index (χ1) is 10.0. The van der Waals surface area contributed by atoms with E-state index in [2.05, 4.69) is 10.3 Å². The largest absolute Gasteiger partial charge is 0.383 e. The standard InChI is InChI=1S/C14H25N3O3S/c1-11(12-4-5-12)17(6-7-20-3)21(18,19)14-8-13(9-15-2)16-10-14/h8,10-12,15-16H,4-7,9H2,1-3H3. The van der Waals surface area contributed by atoms with E-state index in [4.69, 9.17) is 4.74 Å². The molecular formula is C14H25N3O3S. The lowest BCUT2D eigenvalue weighted by Gasteiger charge is -2.27. The monoisotopic (exact) mass is 315 g/mol. The molecule has 0 bridgehead atoms. The van der Waals surface area contributed by atoms with Gasteiger partial charge in [-0.05, 0) is 38.8 Å². The molecule has 0 saturated heterocycles. The van der Waals surface area contributed by atoms with Gasteiger partial charge in [0.25, 0.3) is 0 Å². The maximum Gasteiger partial charge on any atom is 0.244 e. The first-order valence-corrected chi connectivity index (χ1v) is 8.77. The van der Waals surface area contributed by atoms with Crippen molar-refractivity contribution in [1.29, 1.82) is 0 Å². The lowest BCUT2D eigenvalue weighted by atomic mass is 10.2. The molecule has 6 nitrogen and oxygen atoms in total. The Morgan fingerprint density at radius 1 is 1.52 bits per heavy atom. The average molecular weight is 315 g/mol. The maximum absolute atomic E-state index is 12.9. The van der Waals surface area contributed by atoms with Crippen LogP contribution in [0.1, 0.15) is 25.5 Å². The Morgan fingerprint density at radius 2 is 2.24 bits per heavy atom. The highest BCUT2D eigenvalue weighted by atomic mass is 32.2. The summed E-state index contributed by atoms with van der Waals surface area (Å²) in [5, 5.41) is 3.00. The van der Waals surface area contributed by atoms with Gasteiger partial charge in [0.2, 0.25) is 10.0 Å². The van der Waals surface area contributed by atoms with E-state index >= 15 is 0 Å². The Morgan fingerprint density at radius 3 is 2.81 bits per heavy atom. The van der Waals surface area contributed by atoms with Gasteiger partial charge in [0.05, 0.1) is 11.5 Å². The van der Waals surface area contributed by atoms with Crippen LogP contribution in [0.25, 0.3) is 0 Å². The van der Waals surface area contributed by atoms with Crippen LogP contribution in [0.15, 0.2) is 17.2 Å². The molecule has 1 aliphatic carbocycles. The van der Waals surface area contributed by atoms with Crippen molar-refractivity contribution in [3.05, 3.63) is 18.0 Å². The van der Waals surface area contributed by atoms with E-state index in [1.54, 1.807) is 23.7 Å². The van der Waals surface area contributed by atoms with E-state index in [0.29, 0.717) is 30.5 Å². The molecule has 1 fully saturated rings. The van der Waals surface area contributed by atoms with Gasteiger partial charge in [0.1, 0.15) is 0 Å². The zero-order valence-electron chi connectivity index (χ0n) is 12.9. The Hall–Kier alpha value is -0.890. The summed E-state index contributed by atoms with van der Waals surface area (Å²) >= 11 is 0. The number of nitrogens with zero attached hydrogens (tertiary/aromatic N) is 1. The molecule has 0 spiro atoms. The van der Waals surface area contributed by atoms with Gasteiger partial charge in [0, 0.05) is 38.1 Å². The van der Waals surface area contributed by atoms with Gasteiger partial charge in [-0.2, -0.15) is 4.31 Å². The van der Waals surface area contributed by atoms with E-state index < -0.39 is 10.0 Å². The fourth-order valence-electron chi connectivity index (χ4n) is 2.53. The summed E-state index contributed by atoms with van der Waals surface area (Å²) in [4.78, 5) is 3.34. The molecule has 1 atom stereocenters.